The van der Waals surface area contributed by atoms with Gasteiger partial charge >= 0.3 is 5.97 Å². The lowest BCUT2D eigenvalue weighted by molar-refractivity contribution is -0.163. The van der Waals surface area contributed by atoms with Crippen molar-refractivity contribution in [3.05, 3.63) is 42.0 Å². The van der Waals surface area contributed by atoms with Crippen LogP contribution in [0, 0.1) is 29.1 Å². The lowest BCUT2D eigenvalue weighted by atomic mass is 9.51. The van der Waals surface area contributed by atoms with Gasteiger partial charge in [-0.1, -0.05) is 30.7 Å². The predicted molar refractivity (Wildman–Crippen MR) is 119 cm³/mol. The van der Waals surface area contributed by atoms with Crippen LogP contribution in [0.5, 0.6) is 5.75 Å². The molecular weight excluding hydrogens is 388 g/mol. The summed E-state index contributed by atoms with van der Waals surface area (Å²) < 4.78 is 11.7. The summed E-state index contributed by atoms with van der Waals surface area (Å²) in [5.41, 5.74) is 1.55. The maximum atomic E-state index is 12.6. The largest absolute Gasteiger partial charge is 0.482 e. The third kappa shape index (κ3) is 3.72. The molecule has 1 aromatic rings. The van der Waals surface area contributed by atoms with Gasteiger partial charge in [-0.2, -0.15) is 0 Å². The second-order valence-corrected chi connectivity index (χ2v) is 10.1. The van der Waals surface area contributed by atoms with Gasteiger partial charge in [0.1, 0.15) is 11.9 Å². The minimum atomic E-state index is -0.246. The van der Waals surface area contributed by atoms with E-state index < -0.39 is 0 Å². The van der Waals surface area contributed by atoms with Gasteiger partial charge in [-0.3, -0.25) is 4.79 Å². The predicted octanol–water partition coefficient (Wildman–Crippen LogP) is 5.51. The highest BCUT2D eigenvalue weighted by molar-refractivity contribution is 5.91. The third-order valence-corrected chi connectivity index (χ3v) is 8.97. The first-order valence-electron chi connectivity index (χ1n) is 12.2. The van der Waals surface area contributed by atoms with Gasteiger partial charge in [0.15, 0.2) is 12.4 Å². The van der Waals surface area contributed by atoms with Crippen LogP contribution in [0.4, 0.5) is 0 Å². The number of allylic oxidation sites excluding steroid dienone is 1. The van der Waals surface area contributed by atoms with Crippen LogP contribution < -0.4 is 4.74 Å². The van der Waals surface area contributed by atoms with Crippen LogP contribution in [0.25, 0.3) is 0 Å². The van der Waals surface area contributed by atoms with E-state index in [1.807, 2.05) is 36.4 Å². The highest BCUT2D eigenvalue weighted by Gasteiger charge is 2.58. The first-order valence-corrected chi connectivity index (χ1v) is 12.2. The second kappa shape index (κ2) is 8.44. The lowest BCUT2D eigenvalue weighted by Gasteiger charge is -2.54. The molecule has 4 heteroatoms. The zero-order valence-corrected chi connectivity index (χ0v) is 18.6. The fourth-order valence-corrected chi connectivity index (χ4v) is 7.64. The molecule has 6 unspecified atom stereocenters. The van der Waals surface area contributed by atoms with Gasteiger partial charge in [-0.05, 0) is 93.2 Å². The van der Waals surface area contributed by atoms with Crippen molar-refractivity contribution in [1.82, 2.24) is 0 Å². The molecule has 0 N–H and O–H groups in total. The minimum absolute atomic E-state index is 0.0141. The highest BCUT2D eigenvalue weighted by Crippen LogP contribution is 2.63. The molecule has 3 fully saturated rings. The molecule has 0 amide bonds. The molecule has 0 bridgehead atoms. The number of ether oxygens (including phenoxy) is 2. The molecule has 0 radical (unpaired) electrons. The summed E-state index contributed by atoms with van der Waals surface area (Å²) in [6, 6.07) is 9.45. The molecule has 0 aromatic heterocycles. The van der Waals surface area contributed by atoms with Gasteiger partial charge in [-0.25, -0.2) is 4.79 Å². The summed E-state index contributed by atoms with van der Waals surface area (Å²) >= 11 is 0. The minimum Gasteiger partial charge on any atom is -0.482 e. The van der Waals surface area contributed by atoms with Crippen LogP contribution in [0.1, 0.15) is 64.7 Å². The van der Waals surface area contributed by atoms with E-state index >= 15 is 0 Å². The maximum absolute atomic E-state index is 12.6. The summed E-state index contributed by atoms with van der Waals surface area (Å²) in [6.45, 7) is 2.26. The average molecular weight is 423 g/mol. The number of carbonyl (C=O) groups is 2. The van der Waals surface area contributed by atoms with E-state index in [-0.39, 0.29) is 24.1 Å². The molecule has 0 spiro atoms. The molecule has 4 aliphatic carbocycles. The van der Waals surface area contributed by atoms with Crippen molar-refractivity contribution < 1.29 is 19.1 Å². The summed E-state index contributed by atoms with van der Waals surface area (Å²) in [5, 5.41) is 0. The molecule has 3 saturated carbocycles. The van der Waals surface area contributed by atoms with Gasteiger partial charge in [0, 0.05) is 11.8 Å². The van der Waals surface area contributed by atoms with E-state index in [2.05, 4.69) is 6.92 Å². The van der Waals surface area contributed by atoms with Crippen molar-refractivity contribution in [2.24, 2.45) is 29.1 Å². The number of hydrogen-bond donors (Lipinski definition) is 0. The normalized spacial score (nSPS) is 36.6. The molecule has 31 heavy (non-hydrogen) atoms. The monoisotopic (exact) mass is 422 g/mol. The van der Waals surface area contributed by atoms with Crippen LogP contribution in [-0.2, 0) is 14.3 Å². The Hall–Kier alpha value is -2.10. The summed E-state index contributed by atoms with van der Waals surface area (Å²) in [6.07, 6.45) is 11.6. The van der Waals surface area contributed by atoms with E-state index in [4.69, 9.17) is 9.47 Å². The Bertz CT molecular complexity index is 859. The summed E-state index contributed by atoms with van der Waals surface area (Å²) in [5.74, 6) is 3.47. The number of fused-ring (bicyclic) bond motifs is 5. The molecule has 166 valence electrons. The maximum Gasteiger partial charge on any atom is 0.344 e. The van der Waals surface area contributed by atoms with Gasteiger partial charge in [-0.15, -0.1) is 0 Å². The van der Waals surface area contributed by atoms with Crippen LogP contribution >= 0.6 is 0 Å². The van der Waals surface area contributed by atoms with Crippen molar-refractivity contribution in [1.29, 1.82) is 0 Å². The Balaban J connectivity index is 1.27. The second-order valence-electron chi connectivity index (χ2n) is 10.1. The van der Waals surface area contributed by atoms with Crippen molar-refractivity contribution in [3.63, 3.8) is 0 Å². The fourth-order valence-electron chi connectivity index (χ4n) is 7.64. The molecule has 0 aliphatic heterocycles. The van der Waals surface area contributed by atoms with E-state index in [1.54, 1.807) is 0 Å². The molecule has 6 atom stereocenters. The van der Waals surface area contributed by atoms with Gasteiger partial charge < -0.3 is 9.47 Å². The molecular formula is C27H34O4. The molecule has 0 saturated heterocycles. The van der Waals surface area contributed by atoms with Gasteiger partial charge in [0.25, 0.3) is 0 Å². The third-order valence-electron chi connectivity index (χ3n) is 8.97. The van der Waals surface area contributed by atoms with E-state index in [9.17, 15) is 9.59 Å². The Kier molecular flexibility index (Phi) is 5.66. The van der Waals surface area contributed by atoms with Crippen LogP contribution in [-0.4, -0.2) is 24.5 Å². The lowest BCUT2D eigenvalue weighted by Crippen LogP contribution is -2.49. The first-order chi connectivity index (χ1) is 15.1. The molecule has 4 aliphatic rings. The average Bonchev–Trinajstić information content (AvgIpc) is 3.16. The number of benzene rings is 1. The molecule has 5 rings (SSSR count). The van der Waals surface area contributed by atoms with Gasteiger partial charge in [0.05, 0.1) is 0 Å². The highest BCUT2D eigenvalue weighted by atomic mass is 16.6. The number of para-hydroxylation sites is 1. The van der Waals surface area contributed by atoms with Crippen molar-refractivity contribution in [2.75, 3.05) is 6.61 Å². The zero-order valence-electron chi connectivity index (χ0n) is 18.6. The van der Waals surface area contributed by atoms with E-state index in [0.717, 1.165) is 44.9 Å². The van der Waals surface area contributed by atoms with Crippen LogP contribution in [0.2, 0.25) is 0 Å². The Morgan fingerprint density at radius 1 is 1.03 bits per heavy atom. The van der Waals surface area contributed by atoms with Crippen LogP contribution in [0.3, 0.4) is 0 Å². The smallest absolute Gasteiger partial charge is 0.344 e. The first kappa shape index (κ1) is 20.8. The zero-order chi connectivity index (χ0) is 21.4. The van der Waals surface area contributed by atoms with E-state index in [0.29, 0.717) is 35.2 Å². The van der Waals surface area contributed by atoms with E-state index in [1.165, 1.54) is 18.4 Å². The standard InChI is InChI=1S/C27H34O4/c1-2-27-15-14-22-21-11-9-19(28)16-18(21)8-10-23(22)24(27)12-13-25(27)31-26(29)17-30-20-6-4-3-5-7-20/h3-7,16,21-25H,2,8-15,17H2,1H3. The molecule has 0 heterocycles. The van der Waals surface area contributed by atoms with Crippen molar-refractivity contribution in [2.45, 2.75) is 70.8 Å². The summed E-state index contributed by atoms with van der Waals surface area (Å²) in [7, 11) is 0. The van der Waals surface area contributed by atoms with Crippen molar-refractivity contribution in [3.8, 4) is 5.75 Å². The summed E-state index contributed by atoms with van der Waals surface area (Å²) in [4.78, 5) is 24.5. The molecule has 1 aromatic carbocycles. The Morgan fingerprint density at radius 2 is 1.87 bits per heavy atom. The Morgan fingerprint density at radius 3 is 2.68 bits per heavy atom. The van der Waals surface area contributed by atoms with Crippen LogP contribution in [0.15, 0.2) is 42.0 Å². The number of carbonyl (C=O) groups excluding carboxylic acids is 2. The van der Waals surface area contributed by atoms with Gasteiger partial charge in [0.2, 0.25) is 0 Å². The number of esters is 1. The topological polar surface area (TPSA) is 52.6 Å². The van der Waals surface area contributed by atoms with Crippen molar-refractivity contribution >= 4 is 11.8 Å². The number of ketones is 1. The quantitative estimate of drug-likeness (QED) is 0.587. The fraction of sp³-hybridized carbons (Fsp3) is 0.630. The molecule has 4 nitrogen and oxygen atoms in total. The SMILES string of the molecule is CCC12CCC3C4CCC(=O)C=C4CCC3C1CCC2OC(=O)COc1ccccc1. The number of rotatable bonds is 5. The Labute approximate surface area is 185 Å². The number of hydrogen-bond acceptors (Lipinski definition) is 4.